The Hall–Kier alpha value is -2.83. The van der Waals surface area contributed by atoms with Crippen molar-refractivity contribution in [2.45, 2.75) is 77.9 Å². The summed E-state index contributed by atoms with van der Waals surface area (Å²) in [6, 6.07) is 8.36. The van der Waals surface area contributed by atoms with E-state index in [2.05, 4.69) is 41.4 Å². The smallest absolute Gasteiger partial charge is 0.345 e. The van der Waals surface area contributed by atoms with Crippen LogP contribution in [-0.2, 0) is 30.7 Å². The highest BCUT2D eigenvalue weighted by atomic mass is 16.2. The molecule has 1 aliphatic heterocycles. The van der Waals surface area contributed by atoms with E-state index in [1.807, 2.05) is 18.3 Å². The molecule has 0 radical (unpaired) electrons. The molecule has 2 N–H and O–H groups in total. The molecule has 2 aromatic heterocycles. The Bertz CT molecular complexity index is 1090. The van der Waals surface area contributed by atoms with Crippen molar-refractivity contribution in [3.05, 3.63) is 52.3 Å². The van der Waals surface area contributed by atoms with E-state index >= 15 is 0 Å². The van der Waals surface area contributed by atoms with Gasteiger partial charge in [0.1, 0.15) is 5.82 Å². The summed E-state index contributed by atoms with van der Waals surface area (Å²) in [5, 5.41) is 8.96. The quantitative estimate of drug-likeness (QED) is 0.582. The first-order valence-corrected chi connectivity index (χ1v) is 11.5. The maximum Gasteiger partial charge on any atom is 0.345 e. The van der Waals surface area contributed by atoms with E-state index in [4.69, 9.17) is 0 Å². The Labute approximate surface area is 182 Å². The molecule has 31 heavy (non-hydrogen) atoms. The van der Waals surface area contributed by atoms with Crippen LogP contribution < -0.4 is 11.0 Å². The topological polar surface area (TPSA) is 84.7 Å². The van der Waals surface area contributed by atoms with Gasteiger partial charge in [-0.2, -0.15) is 5.10 Å². The van der Waals surface area contributed by atoms with Crippen LogP contribution in [0.3, 0.4) is 0 Å². The number of aromatic amines is 1. The van der Waals surface area contributed by atoms with Crippen molar-refractivity contribution in [2.75, 3.05) is 0 Å². The van der Waals surface area contributed by atoms with Crippen LogP contribution in [0.1, 0.15) is 57.3 Å². The fourth-order valence-electron chi connectivity index (χ4n) is 4.38. The van der Waals surface area contributed by atoms with Crippen molar-refractivity contribution in [3.8, 4) is 0 Å². The van der Waals surface area contributed by atoms with Gasteiger partial charge in [0, 0.05) is 49.1 Å². The second kappa shape index (κ2) is 9.54. The fourth-order valence-corrected chi connectivity index (χ4v) is 4.38. The monoisotopic (exact) mass is 423 g/mol. The molecule has 1 aromatic carbocycles. The number of amides is 1. The third kappa shape index (κ3) is 5.09. The molecular weight excluding hydrogens is 390 g/mol. The lowest BCUT2D eigenvalue weighted by atomic mass is 10.1. The largest absolute Gasteiger partial charge is 0.361 e. The number of aromatic nitrogens is 4. The lowest BCUT2D eigenvalue weighted by molar-refractivity contribution is -0.122. The summed E-state index contributed by atoms with van der Waals surface area (Å²) in [7, 11) is 0. The van der Waals surface area contributed by atoms with Gasteiger partial charge in [0.2, 0.25) is 5.91 Å². The molecule has 0 aliphatic carbocycles. The molecule has 1 unspecified atom stereocenters. The number of H-pyrrole nitrogens is 1. The number of fused-ring (bicyclic) bond motifs is 2. The molecule has 7 heteroatoms. The summed E-state index contributed by atoms with van der Waals surface area (Å²) in [6.45, 7) is 5.60. The number of para-hydroxylation sites is 1. The Balaban J connectivity index is 1.25. The van der Waals surface area contributed by atoms with Gasteiger partial charge in [-0.05, 0) is 49.7 Å². The van der Waals surface area contributed by atoms with E-state index in [9.17, 15) is 9.59 Å². The van der Waals surface area contributed by atoms with Crippen molar-refractivity contribution >= 4 is 16.8 Å². The van der Waals surface area contributed by atoms with E-state index < -0.39 is 0 Å². The van der Waals surface area contributed by atoms with Crippen molar-refractivity contribution in [1.82, 2.24) is 24.6 Å². The van der Waals surface area contributed by atoms with Crippen molar-refractivity contribution in [3.63, 3.8) is 0 Å². The minimum Gasteiger partial charge on any atom is -0.361 e. The van der Waals surface area contributed by atoms with Gasteiger partial charge in [0.25, 0.3) is 0 Å². The van der Waals surface area contributed by atoms with Crippen LogP contribution in [0.25, 0.3) is 10.9 Å². The van der Waals surface area contributed by atoms with Gasteiger partial charge in [-0.25, -0.2) is 9.48 Å². The minimum absolute atomic E-state index is 0.0126. The summed E-state index contributed by atoms with van der Waals surface area (Å²) < 4.78 is 3.41. The molecule has 166 valence electrons. The first-order valence-electron chi connectivity index (χ1n) is 11.5. The molecular formula is C24H33N5O2. The van der Waals surface area contributed by atoms with Crippen LogP contribution in [0, 0.1) is 5.92 Å². The zero-order valence-electron chi connectivity index (χ0n) is 18.6. The Morgan fingerprint density at radius 2 is 2.13 bits per heavy atom. The molecule has 4 rings (SSSR count). The summed E-state index contributed by atoms with van der Waals surface area (Å²) in [5.74, 6) is 1.49. The van der Waals surface area contributed by atoms with Crippen LogP contribution in [0.15, 0.2) is 35.3 Å². The van der Waals surface area contributed by atoms with E-state index in [1.165, 1.54) is 10.9 Å². The van der Waals surface area contributed by atoms with Crippen LogP contribution >= 0.6 is 0 Å². The second-order valence-electron chi connectivity index (χ2n) is 9.06. The van der Waals surface area contributed by atoms with Gasteiger partial charge in [-0.1, -0.05) is 32.0 Å². The third-order valence-electron chi connectivity index (χ3n) is 6.23. The van der Waals surface area contributed by atoms with Gasteiger partial charge in [0.05, 0.1) is 0 Å². The lowest BCUT2D eigenvalue weighted by Gasteiger charge is -2.16. The number of aryl methyl sites for hydroxylation is 3. The summed E-state index contributed by atoms with van der Waals surface area (Å²) in [5.41, 5.74) is 2.39. The average Bonchev–Trinajstić information content (AvgIpc) is 3.22. The molecule has 0 saturated carbocycles. The maximum absolute atomic E-state index is 12.6. The summed E-state index contributed by atoms with van der Waals surface area (Å²) in [4.78, 5) is 28.4. The van der Waals surface area contributed by atoms with Crippen LogP contribution in [-0.4, -0.2) is 31.3 Å². The lowest BCUT2D eigenvalue weighted by Crippen LogP contribution is -2.35. The van der Waals surface area contributed by atoms with Gasteiger partial charge in [-0.15, -0.1) is 0 Å². The highest BCUT2D eigenvalue weighted by Gasteiger charge is 2.22. The zero-order valence-corrected chi connectivity index (χ0v) is 18.6. The molecule has 0 bridgehead atoms. The van der Waals surface area contributed by atoms with Gasteiger partial charge >= 0.3 is 5.69 Å². The predicted molar refractivity (Wildman–Crippen MR) is 122 cm³/mol. The molecule has 3 heterocycles. The molecule has 0 fully saturated rings. The number of nitrogens with one attached hydrogen (secondary N) is 2. The van der Waals surface area contributed by atoms with E-state index in [0.717, 1.165) is 49.9 Å². The standard InChI is InChI=1S/C24H33N5O2/c1-17(2)12-15-29-24(31)28-14-13-19(10-11-22(28)27-29)26-23(30)9-5-6-18-16-25-21-8-4-3-7-20(18)21/h3-4,7-8,16-17,19,25H,5-6,9-15H2,1-2H3,(H,26,30). The first-order chi connectivity index (χ1) is 15.0. The summed E-state index contributed by atoms with van der Waals surface area (Å²) in [6.07, 6.45) is 7.55. The SMILES string of the molecule is CC(C)CCn1nc2n(c1=O)CCC(NC(=O)CCCc1c[nH]c3ccccc13)CC2. The molecule has 0 saturated heterocycles. The maximum atomic E-state index is 12.6. The van der Waals surface area contributed by atoms with Gasteiger partial charge in [-0.3, -0.25) is 9.36 Å². The summed E-state index contributed by atoms with van der Waals surface area (Å²) >= 11 is 0. The van der Waals surface area contributed by atoms with Crippen LogP contribution in [0.2, 0.25) is 0 Å². The van der Waals surface area contributed by atoms with Crippen LogP contribution in [0.4, 0.5) is 0 Å². The number of carbonyl (C=O) groups excluding carboxylic acids is 1. The second-order valence-corrected chi connectivity index (χ2v) is 9.06. The van der Waals surface area contributed by atoms with Crippen molar-refractivity contribution < 1.29 is 4.79 Å². The third-order valence-corrected chi connectivity index (χ3v) is 6.23. The minimum atomic E-state index is -0.0126. The number of benzene rings is 1. The number of hydrogen-bond donors (Lipinski definition) is 2. The molecule has 0 spiro atoms. The van der Waals surface area contributed by atoms with Crippen molar-refractivity contribution in [2.24, 2.45) is 5.92 Å². The first kappa shape index (κ1) is 21.4. The molecule has 1 atom stereocenters. The molecule has 7 nitrogen and oxygen atoms in total. The molecule has 1 amide bonds. The normalized spacial score (nSPS) is 16.4. The fraction of sp³-hybridized carbons (Fsp3) is 0.542. The number of nitrogens with zero attached hydrogens (tertiary/aromatic N) is 3. The Morgan fingerprint density at radius 1 is 1.29 bits per heavy atom. The average molecular weight is 424 g/mol. The Kier molecular flexibility index (Phi) is 6.59. The molecule has 3 aromatic rings. The number of hydrogen-bond acceptors (Lipinski definition) is 3. The number of rotatable bonds is 8. The zero-order chi connectivity index (χ0) is 21.8. The highest BCUT2D eigenvalue weighted by Crippen LogP contribution is 2.19. The van der Waals surface area contributed by atoms with Crippen molar-refractivity contribution in [1.29, 1.82) is 0 Å². The van der Waals surface area contributed by atoms with E-state index in [-0.39, 0.29) is 17.6 Å². The van der Waals surface area contributed by atoms with Gasteiger partial charge < -0.3 is 10.3 Å². The molecule has 1 aliphatic rings. The van der Waals surface area contributed by atoms with E-state index in [1.54, 1.807) is 9.25 Å². The Morgan fingerprint density at radius 3 is 2.97 bits per heavy atom. The van der Waals surface area contributed by atoms with Gasteiger partial charge in [0.15, 0.2) is 0 Å². The number of carbonyl (C=O) groups is 1. The predicted octanol–water partition coefficient (Wildman–Crippen LogP) is 3.42. The van der Waals surface area contributed by atoms with Crippen LogP contribution in [0.5, 0.6) is 0 Å². The highest BCUT2D eigenvalue weighted by molar-refractivity contribution is 5.83. The van der Waals surface area contributed by atoms with E-state index in [0.29, 0.717) is 25.4 Å².